The first-order valence-corrected chi connectivity index (χ1v) is 6.54. The maximum Gasteiger partial charge on any atom is 0.0553 e. The fraction of sp³-hybridized carbons (Fsp3) is 0.769. The maximum atomic E-state index is 4.29. The smallest absolute Gasteiger partial charge is 0.0553 e. The van der Waals surface area contributed by atoms with E-state index < -0.39 is 0 Å². The number of rotatable bonds is 4. The van der Waals surface area contributed by atoms with Crippen LogP contribution in [0.15, 0.2) is 12.3 Å². The monoisotopic (exact) mass is 221 g/mol. The van der Waals surface area contributed by atoms with Crippen molar-refractivity contribution in [3.8, 4) is 0 Å². The van der Waals surface area contributed by atoms with Gasteiger partial charge in [-0.2, -0.15) is 5.10 Å². The molecular weight excluding hydrogens is 198 g/mol. The summed E-state index contributed by atoms with van der Waals surface area (Å²) in [7, 11) is 2.04. The summed E-state index contributed by atoms with van der Waals surface area (Å²) in [6, 6.07) is 2.65. The zero-order chi connectivity index (χ0) is 11.4. The Bertz CT molecular complexity index is 313. The number of aromatic nitrogens is 2. The van der Waals surface area contributed by atoms with E-state index in [0.717, 1.165) is 12.5 Å². The molecule has 2 rings (SSSR count). The standard InChI is InChI=1S/C13H23N3/c1-3-14-13(11-7-5-4-6-8-11)12-9-10-15-16(12)2/h9-11,13-14H,3-8H2,1-2H3. The normalized spacial score (nSPS) is 19.9. The van der Waals surface area contributed by atoms with Gasteiger partial charge in [0.05, 0.1) is 11.7 Å². The molecule has 0 saturated heterocycles. The Labute approximate surface area is 98.2 Å². The minimum atomic E-state index is 0.498. The van der Waals surface area contributed by atoms with Crippen LogP contribution < -0.4 is 5.32 Å². The van der Waals surface area contributed by atoms with Gasteiger partial charge in [-0.25, -0.2) is 0 Å². The van der Waals surface area contributed by atoms with Crippen molar-refractivity contribution < 1.29 is 0 Å². The lowest BCUT2D eigenvalue weighted by Crippen LogP contribution is -2.31. The van der Waals surface area contributed by atoms with Crippen LogP contribution in [-0.2, 0) is 7.05 Å². The summed E-state index contributed by atoms with van der Waals surface area (Å²) in [4.78, 5) is 0. The Morgan fingerprint density at radius 1 is 1.44 bits per heavy atom. The third-order valence-corrected chi connectivity index (χ3v) is 3.72. The SMILES string of the molecule is CCNC(c1ccnn1C)C1CCCCC1. The lowest BCUT2D eigenvalue weighted by Gasteiger charge is -2.30. The first kappa shape index (κ1) is 11.6. The molecule has 0 bridgehead atoms. The number of aryl methyl sites for hydroxylation is 1. The largest absolute Gasteiger partial charge is 0.309 e. The lowest BCUT2D eigenvalue weighted by atomic mass is 9.82. The zero-order valence-electron chi connectivity index (χ0n) is 10.4. The molecule has 3 heteroatoms. The maximum absolute atomic E-state index is 4.29. The highest BCUT2D eigenvalue weighted by Gasteiger charge is 2.25. The topological polar surface area (TPSA) is 29.9 Å². The Morgan fingerprint density at radius 3 is 2.75 bits per heavy atom. The molecule has 1 heterocycles. The average Bonchev–Trinajstić information content (AvgIpc) is 2.73. The molecule has 0 amide bonds. The molecule has 1 aromatic rings. The zero-order valence-corrected chi connectivity index (χ0v) is 10.4. The van der Waals surface area contributed by atoms with E-state index in [1.807, 2.05) is 17.9 Å². The molecule has 0 spiro atoms. The molecule has 1 fully saturated rings. The Kier molecular flexibility index (Phi) is 3.99. The first-order chi connectivity index (χ1) is 7.83. The summed E-state index contributed by atoms with van der Waals surface area (Å²) in [5.74, 6) is 0.795. The average molecular weight is 221 g/mol. The molecule has 90 valence electrons. The van der Waals surface area contributed by atoms with E-state index in [2.05, 4.69) is 23.4 Å². The summed E-state index contributed by atoms with van der Waals surface area (Å²) >= 11 is 0. The summed E-state index contributed by atoms with van der Waals surface area (Å²) < 4.78 is 2.02. The summed E-state index contributed by atoms with van der Waals surface area (Å²) in [5, 5.41) is 7.93. The second kappa shape index (κ2) is 5.48. The number of hydrogen-bond acceptors (Lipinski definition) is 2. The van der Waals surface area contributed by atoms with Gasteiger partial charge in [-0.05, 0) is 31.4 Å². The molecule has 1 aromatic heterocycles. The molecule has 1 atom stereocenters. The highest BCUT2D eigenvalue weighted by atomic mass is 15.3. The van der Waals surface area contributed by atoms with Crippen molar-refractivity contribution in [2.75, 3.05) is 6.54 Å². The van der Waals surface area contributed by atoms with E-state index in [4.69, 9.17) is 0 Å². The third-order valence-electron chi connectivity index (χ3n) is 3.72. The second-order valence-electron chi connectivity index (χ2n) is 4.81. The predicted molar refractivity (Wildman–Crippen MR) is 66.2 cm³/mol. The van der Waals surface area contributed by atoms with E-state index in [0.29, 0.717) is 6.04 Å². The molecule has 0 aromatic carbocycles. The second-order valence-corrected chi connectivity index (χ2v) is 4.81. The van der Waals surface area contributed by atoms with Gasteiger partial charge < -0.3 is 5.32 Å². The van der Waals surface area contributed by atoms with Crippen molar-refractivity contribution in [3.63, 3.8) is 0 Å². The van der Waals surface area contributed by atoms with Gasteiger partial charge in [0.15, 0.2) is 0 Å². The van der Waals surface area contributed by atoms with Gasteiger partial charge in [0, 0.05) is 13.2 Å². The van der Waals surface area contributed by atoms with Gasteiger partial charge in [0.1, 0.15) is 0 Å². The molecule has 1 aliphatic carbocycles. The van der Waals surface area contributed by atoms with Crippen molar-refractivity contribution in [3.05, 3.63) is 18.0 Å². The molecule has 16 heavy (non-hydrogen) atoms. The van der Waals surface area contributed by atoms with Crippen LogP contribution in [0.4, 0.5) is 0 Å². The summed E-state index contributed by atoms with van der Waals surface area (Å²) in [6.07, 6.45) is 8.84. The van der Waals surface area contributed by atoms with Gasteiger partial charge >= 0.3 is 0 Å². The first-order valence-electron chi connectivity index (χ1n) is 6.54. The van der Waals surface area contributed by atoms with Gasteiger partial charge in [-0.15, -0.1) is 0 Å². The molecule has 1 unspecified atom stereocenters. The van der Waals surface area contributed by atoms with Crippen LogP contribution in [0.3, 0.4) is 0 Å². The Balaban J connectivity index is 2.12. The highest BCUT2D eigenvalue weighted by molar-refractivity contribution is 5.08. The van der Waals surface area contributed by atoms with Crippen molar-refractivity contribution >= 4 is 0 Å². The third kappa shape index (κ3) is 2.46. The van der Waals surface area contributed by atoms with Crippen molar-refractivity contribution in [2.45, 2.75) is 45.1 Å². The van der Waals surface area contributed by atoms with E-state index in [9.17, 15) is 0 Å². The van der Waals surface area contributed by atoms with E-state index in [-0.39, 0.29) is 0 Å². The van der Waals surface area contributed by atoms with Crippen LogP contribution in [0.25, 0.3) is 0 Å². The van der Waals surface area contributed by atoms with Crippen LogP contribution in [0.2, 0.25) is 0 Å². The quantitative estimate of drug-likeness (QED) is 0.847. The van der Waals surface area contributed by atoms with Gasteiger partial charge in [0.2, 0.25) is 0 Å². The summed E-state index contributed by atoms with van der Waals surface area (Å²) in [5.41, 5.74) is 1.34. The molecular formula is C13H23N3. The Morgan fingerprint density at radius 2 is 2.19 bits per heavy atom. The number of nitrogens with zero attached hydrogens (tertiary/aromatic N) is 2. The molecule has 0 aliphatic heterocycles. The predicted octanol–water partition coefficient (Wildman–Crippen LogP) is 2.65. The van der Waals surface area contributed by atoms with Crippen molar-refractivity contribution in [1.29, 1.82) is 0 Å². The number of hydrogen-bond donors (Lipinski definition) is 1. The van der Waals surface area contributed by atoms with E-state index in [1.165, 1.54) is 37.8 Å². The highest BCUT2D eigenvalue weighted by Crippen LogP contribution is 2.33. The fourth-order valence-corrected chi connectivity index (χ4v) is 2.89. The van der Waals surface area contributed by atoms with Crippen molar-refractivity contribution in [2.24, 2.45) is 13.0 Å². The van der Waals surface area contributed by atoms with Crippen LogP contribution in [0.5, 0.6) is 0 Å². The van der Waals surface area contributed by atoms with Gasteiger partial charge in [0.25, 0.3) is 0 Å². The van der Waals surface area contributed by atoms with Gasteiger partial charge in [-0.1, -0.05) is 26.2 Å². The molecule has 0 radical (unpaired) electrons. The Hall–Kier alpha value is -0.830. The molecule has 1 saturated carbocycles. The van der Waals surface area contributed by atoms with Crippen molar-refractivity contribution in [1.82, 2.24) is 15.1 Å². The van der Waals surface area contributed by atoms with E-state index in [1.54, 1.807) is 0 Å². The molecule has 3 nitrogen and oxygen atoms in total. The van der Waals surface area contributed by atoms with Crippen LogP contribution >= 0.6 is 0 Å². The summed E-state index contributed by atoms with van der Waals surface area (Å²) in [6.45, 7) is 3.22. The lowest BCUT2D eigenvalue weighted by molar-refractivity contribution is 0.265. The van der Waals surface area contributed by atoms with E-state index >= 15 is 0 Å². The van der Waals surface area contributed by atoms with Gasteiger partial charge in [-0.3, -0.25) is 4.68 Å². The minimum absolute atomic E-state index is 0.498. The number of nitrogens with one attached hydrogen (secondary N) is 1. The van der Waals surface area contributed by atoms with Crippen LogP contribution in [0.1, 0.15) is 50.8 Å². The fourth-order valence-electron chi connectivity index (χ4n) is 2.89. The minimum Gasteiger partial charge on any atom is -0.309 e. The van der Waals surface area contributed by atoms with Crippen LogP contribution in [0, 0.1) is 5.92 Å². The molecule has 1 N–H and O–H groups in total. The van der Waals surface area contributed by atoms with Crippen LogP contribution in [-0.4, -0.2) is 16.3 Å². The molecule has 1 aliphatic rings.